The first-order valence-corrected chi connectivity index (χ1v) is 7.99. The number of halogens is 2. The fourth-order valence-corrected chi connectivity index (χ4v) is 2.50. The van der Waals surface area contributed by atoms with Crippen molar-refractivity contribution in [2.45, 2.75) is 13.5 Å². The van der Waals surface area contributed by atoms with Gasteiger partial charge in [-0.3, -0.25) is 9.69 Å². The third kappa shape index (κ3) is 5.22. The Labute approximate surface area is 146 Å². The molecule has 6 heteroatoms. The number of likely N-dealkylation sites (N-methyl/N-ethyl adjacent to an activating group) is 1. The molecule has 0 heterocycles. The zero-order valence-corrected chi connectivity index (χ0v) is 14.4. The van der Waals surface area contributed by atoms with Crippen LogP contribution in [0.2, 0.25) is 5.02 Å². The average molecular weight is 351 g/mol. The fourth-order valence-electron chi connectivity index (χ4n) is 2.27. The van der Waals surface area contributed by atoms with Gasteiger partial charge in [-0.05, 0) is 36.4 Å². The lowest BCUT2D eigenvalue weighted by atomic mass is 10.2. The predicted molar refractivity (Wildman–Crippen MR) is 94.0 cm³/mol. The molecule has 0 aliphatic carbocycles. The minimum Gasteiger partial charge on any atom is -0.497 e. The van der Waals surface area contributed by atoms with E-state index >= 15 is 0 Å². The molecule has 24 heavy (non-hydrogen) atoms. The minimum absolute atomic E-state index is 0.136. The van der Waals surface area contributed by atoms with E-state index in [1.54, 1.807) is 25.3 Å². The van der Waals surface area contributed by atoms with E-state index in [2.05, 4.69) is 5.32 Å². The number of nitrogens with one attached hydrogen (secondary N) is 1. The Kier molecular flexibility index (Phi) is 6.58. The Bertz CT molecular complexity index is 709. The van der Waals surface area contributed by atoms with Gasteiger partial charge in [0.05, 0.1) is 13.7 Å². The number of rotatable bonds is 7. The van der Waals surface area contributed by atoms with Crippen LogP contribution in [0.3, 0.4) is 0 Å². The number of anilines is 1. The molecule has 0 bridgehead atoms. The summed E-state index contributed by atoms with van der Waals surface area (Å²) in [5.41, 5.74) is 1.46. The molecule has 0 fully saturated rings. The van der Waals surface area contributed by atoms with E-state index in [1.165, 1.54) is 12.1 Å². The molecule has 1 N–H and O–H groups in total. The van der Waals surface area contributed by atoms with Crippen LogP contribution in [-0.2, 0) is 11.3 Å². The SMILES string of the molecule is CCN(CC(=O)Nc1cccc(OC)c1)Cc1ccc(F)cc1Cl. The van der Waals surface area contributed by atoms with Gasteiger partial charge in [0.25, 0.3) is 0 Å². The van der Waals surface area contributed by atoms with E-state index < -0.39 is 0 Å². The van der Waals surface area contributed by atoms with Gasteiger partial charge >= 0.3 is 0 Å². The van der Waals surface area contributed by atoms with Crippen LogP contribution in [0.4, 0.5) is 10.1 Å². The highest BCUT2D eigenvalue weighted by molar-refractivity contribution is 6.31. The summed E-state index contributed by atoms with van der Waals surface area (Å²) in [5.74, 6) is 0.171. The maximum absolute atomic E-state index is 13.1. The molecule has 0 saturated carbocycles. The maximum Gasteiger partial charge on any atom is 0.238 e. The number of carbonyl (C=O) groups excluding carboxylic acids is 1. The number of hydrogen-bond acceptors (Lipinski definition) is 3. The maximum atomic E-state index is 13.1. The average Bonchev–Trinajstić information content (AvgIpc) is 2.56. The Morgan fingerprint density at radius 3 is 2.75 bits per heavy atom. The third-order valence-corrected chi connectivity index (χ3v) is 3.93. The minimum atomic E-state index is -0.373. The summed E-state index contributed by atoms with van der Waals surface area (Å²) in [5, 5.41) is 3.20. The van der Waals surface area contributed by atoms with Crippen molar-refractivity contribution in [1.29, 1.82) is 0 Å². The van der Waals surface area contributed by atoms with E-state index in [-0.39, 0.29) is 18.3 Å². The molecule has 0 saturated heterocycles. The standard InChI is InChI=1S/C18H20ClFN2O2/c1-3-22(11-13-7-8-14(20)9-17(13)19)12-18(23)21-15-5-4-6-16(10-15)24-2/h4-10H,3,11-12H2,1-2H3,(H,21,23). The summed E-state index contributed by atoms with van der Waals surface area (Å²) in [7, 11) is 1.58. The van der Waals surface area contributed by atoms with Crippen LogP contribution in [0.15, 0.2) is 42.5 Å². The monoisotopic (exact) mass is 350 g/mol. The molecule has 2 aromatic rings. The molecule has 0 aromatic heterocycles. The Balaban J connectivity index is 1.97. The normalized spacial score (nSPS) is 10.7. The van der Waals surface area contributed by atoms with Crippen molar-refractivity contribution in [3.63, 3.8) is 0 Å². The third-order valence-electron chi connectivity index (χ3n) is 3.58. The van der Waals surface area contributed by atoms with E-state index in [4.69, 9.17) is 16.3 Å². The number of carbonyl (C=O) groups is 1. The first kappa shape index (κ1) is 18.2. The second kappa shape index (κ2) is 8.66. The highest BCUT2D eigenvalue weighted by Gasteiger charge is 2.12. The molecule has 4 nitrogen and oxygen atoms in total. The summed E-state index contributed by atoms with van der Waals surface area (Å²) >= 11 is 6.05. The largest absolute Gasteiger partial charge is 0.497 e. The van der Waals surface area contributed by atoms with Gasteiger partial charge in [0.1, 0.15) is 11.6 Å². The van der Waals surface area contributed by atoms with Crippen LogP contribution in [0, 0.1) is 5.82 Å². The molecule has 0 radical (unpaired) electrons. The van der Waals surface area contributed by atoms with Crippen LogP contribution in [-0.4, -0.2) is 31.0 Å². The molecule has 0 atom stereocenters. The molecule has 0 unspecified atom stereocenters. The lowest BCUT2D eigenvalue weighted by molar-refractivity contribution is -0.117. The van der Waals surface area contributed by atoms with Crippen LogP contribution in [0.1, 0.15) is 12.5 Å². The van der Waals surface area contributed by atoms with Crippen molar-refractivity contribution in [3.8, 4) is 5.75 Å². The van der Waals surface area contributed by atoms with Crippen LogP contribution < -0.4 is 10.1 Å². The molecule has 128 valence electrons. The molecule has 2 aromatic carbocycles. The molecular formula is C18H20ClFN2O2. The highest BCUT2D eigenvalue weighted by Crippen LogP contribution is 2.19. The summed E-state index contributed by atoms with van der Waals surface area (Å²) in [4.78, 5) is 14.1. The Morgan fingerprint density at radius 1 is 1.29 bits per heavy atom. The van der Waals surface area contributed by atoms with Crippen molar-refractivity contribution in [2.24, 2.45) is 0 Å². The molecule has 1 amide bonds. The Morgan fingerprint density at radius 2 is 2.08 bits per heavy atom. The number of amides is 1. The van der Waals surface area contributed by atoms with E-state index in [0.29, 0.717) is 29.5 Å². The van der Waals surface area contributed by atoms with Crippen LogP contribution in [0.25, 0.3) is 0 Å². The summed E-state index contributed by atoms with van der Waals surface area (Å²) in [6, 6.07) is 11.5. The van der Waals surface area contributed by atoms with Gasteiger partial charge in [-0.25, -0.2) is 4.39 Å². The van der Waals surface area contributed by atoms with Crippen molar-refractivity contribution in [1.82, 2.24) is 4.90 Å². The highest BCUT2D eigenvalue weighted by atomic mass is 35.5. The lowest BCUT2D eigenvalue weighted by Crippen LogP contribution is -2.32. The van der Waals surface area contributed by atoms with Crippen molar-refractivity contribution >= 4 is 23.2 Å². The summed E-state index contributed by atoms with van der Waals surface area (Å²) in [6.45, 7) is 3.30. The van der Waals surface area contributed by atoms with E-state index in [1.807, 2.05) is 24.0 Å². The lowest BCUT2D eigenvalue weighted by Gasteiger charge is -2.20. The number of benzene rings is 2. The number of ether oxygens (including phenoxy) is 1. The van der Waals surface area contributed by atoms with Crippen molar-refractivity contribution in [3.05, 3.63) is 58.9 Å². The Hall–Kier alpha value is -2.11. The quantitative estimate of drug-likeness (QED) is 0.822. The van der Waals surface area contributed by atoms with Gasteiger partial charge in [0.15, 0.2) is 0 Å². The first-order valence-electron chi connectivity index (χ1n) is 7.62. The zero-order chi connectivity index (χ0) is 17.5. The number of hydrogen-bond donors (Lipinski definition) is 1. The van der Waals surface area contributed by atoms with Gasteiger partial charge in [0.2, 0.25) is 5.91 Å². The molecule has 0 aliphatic heterocycles. The zero-order valence-electron chi connectivity index (χ0n) is 13.7. The number of nitrogens with zero attached hydrogens (tertiary/aromatic N) is 1. The summed E-state index contributed by atoms with van der Waals surface area (Å²) in [6.07, 6.45) is 0. The molecule has 2 rings (SSSR count). The molecule has 0 aliphatic rings. The van der Waals surface area contributed by atoms with Gasteiger partial charge < -0.3 is 10.1 Å². The van der Waals surface area contributed by atoms with E-state index in [0.717, 1.165) is 5.56 Å². The predicted octanol–water partition coefficient (Wildman–Crippen LogP) is 3.95. The second-order valence-corrected chi connectivity index (χ2v) is 5.73. The van der Waals surface area contributed by atoms with Gasteiger partial charge in [-0.2, -0.15) is 0 Å². The fraction of sp³-hybridized carbons (Fsp3) is 0.278. The second-order valence-electron chi connectivity index (χ2n) is 5.32. The topological polar surface area (TPSA) is 41.6 Å². The smallest absolute Gasteiger partial charge is 0.238 e. The number of methoxy groups -OCH3 is 1. The van der Waals surface area contributed by atoms with Gasteiger partial charge in [-0.15, -0.1) is 0 Å². The van der Waals surface area contributed by atoms with Crippen molar-refractivity contribution < 1.29 is 13.9 Å². The molecule has 0 spiro atoms. The van der Waals surface area contributed by atoms with E-state index in [9.17, 15) is 9.18 Å². The van der Waals surface area contributed by atoms with Crippen LogP contribution >= 0.6 is 11.6 Å². The van der Waals surface area contributed by atoms with Crippen molar-refractivity contribution in [2.75, 3.05) is 25.5 Å². The van der Waals surface area contributed by atoms with Gasteiger partial charge in [0, 0.05) is 23.3 Å². The molecular weight excluding hydrogens is 331 g/mol. The van der Waals surface area contributed by atoms with Gasteiger partial charge in [-0.1, -0.05) is 30.7 Å². The van der Waals surface area contributed by atoms with Crippen LogP contribution in [0.5, 0.6) is 5.75 Å². The summed E-state index contributed by atoms with van der Waals surface area (Å²) < 4.78 is 18.2. The first-order chi connectivity index (χ1) is 11.5.